The number of carbonyl (C=O) groups excluding carboxylic acids is 2. The molecule has 1 aromatic carbocycles. The van der Waals surface area contributed by atoms with Crippen LogP contribution in [0.1, 0.15) is 15.9 Å². The Kier molecular flexibility index (Phi) is 3.80. The number of hydrogen-bond donors (Lipinski definition) is 1. The van der Waals surface area contributed by atoms with Crippen molar-refractivity contribution in [2.24, 2.45) is 0 Å². The van der Waals surface area contributed by atoms with E-state index in [1.54, 1.807) is 25.2 Å². The summed E-state index contributed by atoms with van der Waals surface area (Å²) in [6.45, 7) is 0.140. The second-order valence-electron chi connectivity index (χ2n) is 4.95. The lowest BCUT2D eigenvalue weighted by molar-refractivity contribution is -0.115. The molecule has 0 aliphatic carbocycles. The first-order valence-electron chi connectivity index (χ1n) is 6.12. The highest BCUT2D eigenvalue weighted by Crippen LogP contribution is 2.24. The van der Waals surface area contributed by atoms with Crippen LogP contribution in [0, 0.1) is 0 Å². The van der Waals surface area contributed by atoms with Gasteiger partial charge in [-0.3, -0.25) is 9.59 Å². The van der Waals surface area contributed by atoms with Crippen LogP contribution in [0.25, 0.3) is 0 Å². The summed E-state index contributed by atoms with van der Waals surface area (Å²) in [7, 11) is -1.55. The Morgan fingerprint density at radius 1 is 1.40 bits per heavy atom. The van der Waals surface area contributed by atoms with Gasteiger partial charge in [0, 0.05) is 31.1 Å². The first-order valence-corrected chi connectivity index (χ1v) is 8.18. The Balaban J connectivity index is 2.10. The van der Waals surface area contributed by atoms with Crippen LogP contribution in [-0.2, 0) is 21.1 Å². The molecule has 0 aromatic heterocycles. The number of hydrogen-bond acceptors (Lipinski definition) is 4. The summed E-state index contributed by atoms with van der Waals surface area (Å²) in [6.07, 6.45) is 1.46. The SMILES string of the molecule is CN(CCS(C)(=O)=O)C(=O)c1ccc2c(c1)NC(=O)C2. The molecule has 0 saturated carbocycles. The number of benzene rings is 1. The quantitative estimate of drug-likeness (QED) is 0.866. The molecule has 1 N–H and O–H groups in total. The van der Waals surface area contributed by atoms with E-state index in [9.17, 15) is 18.0 Å². The Morgan fingerprint density at radius 2 is 2.10 bits per heavy atom. The number of anilines is 1. The van der Waals surface area contributed by atoms with E-state index in [0.29, 0.717) is 17.7 Å². The number of nitrogens with zero attached hydrogens (tertiary/aromatic N) is 1. The van der Waals surface area contributed by atoms with Gasteiger partial charge in [-0.05, 0) is 17.7 Å². The van der Waals surface area contributed by atoms with Gasteiger partial charge < -0.3 is 10.2 Å². The van der Waals surface area contributed by atoms with Crippen molar-refractivity contribution >= 4 is 27.3 Å². The minimum atomic E-state index is -3.10. The first kappa shape index (κ1) is 14.5. The van der Waals surface area contributed by atoms with Gasteiger partial charge in [0.25, 0.3) is 5.91 Å². The molecule has 0 fully saturated rings. The summed E-state index contributed by atoms with van der Waals surface area (Å²) in [5.74, 6) is -0.427. The van der Waals surface area contributed by atoms with Crippen LogP contribution < -0.4 is 5.32 Å². The third-order valence-electron chi connectivity index (χ3n) is 3.13. The molecule has 1 aliphatic rings. The Labute approximate surface area is 117 Å². The van der Waals surface area contributed by atoms with Crippen molar-refractivity contribution in [2.75, 3.05) is 30.9 Å². The zero-order chi connectivity index (χ0) is 14.9. The molecule has 7 heteroatoms. The standard InChI is InChI=1S/C13H16N2O4S/c1-15(5-6-20(2,18)19)13(17)10-4-3-9-8-12(16)14-11(9)7-10/h3-4,7H,5-6,8H2,1-2H3,(H,14,16). The van der Waals surface area contributed by atoms with E-state index in [1.807, 2.05) is 0 Å². The summed E-state index contributed by atoms with van der Waals surface area (Å²) >= 11 is 0. The first-order chi connectivity index (χ1) is 9.26. The summed E-state index contributed by atoms with van der Waals surface area (Å²) in [4.78, 5) is 24.8. The predicted octanol–water partition coefficient (Wildman–Crippen LogP) is 0.298. The summed E-state index contributed by atoms with van der Waals surface area (Å²) in [6, 6.07) is 5.02. The Bertz CT molecular complexity index is 667. The largest absolute Gasteiger partial charge is 0.341 e. The molecule has 0 atom stereocenters. The van der Waals surface area contributed by atoms with E-state index in [4.69, 9.17) is 0 Å². The molecule has 0 bridgehead atoms. The van der Waals surface area contributed by atoms with Crippen LogP contribution in [0.5, 0.6) is 0 Å². The van der Waals surface area contributed by atoms with Gasteiger partial charge in [0.1, 0.15) is 9.84 Å². The molecular weight excluding hydrogens is 280 g/mol. The van der Waals surface area contributed by atoms with Gasteiger partial charge >= 0.3 is 0 Å². The van der Waals surface area contributed by atoms with E-state index in [2.05, 4.69) is 5.32 Å². The molecule has 0 saturated heterocycles. The van der Waals surface area contributed by atoms with Crippen molar-refractivity contribution in [1.82, 2.24) is 4.90 Å². The highest BCUT2D eigenvalue weighted by molar-refractivity contribution is 7.90. The molecule has 2 rings (SSSR count). The number of carbonyl (C=O) groups is 2. The van der Waals surface area contributed by atoms with E-state index in [0.717, 1.165) is 11.8 Å². The minimum absolute atomic E-state index is 0.0725. The summed E-state index contributed by atoms with van der Waals surface area (Å²) < 4.78 is 22.2. The zero-order valence-electron chi connectivity index (χ0n) is 11.3. The van der Waals surface area contributed by atoms with Gasteiger partial charge in [-0.2, -0.15) is 0 Å². The smallest absolute Gasteiger partial charge is 0.253 e. The maximum atomic E-state index is 12.2. The Morgan fingerprint density at radius 3 is 2.75 bits per heavy atom. The average Bonchev–Trinajstić information content (AvgIpc) is 2.73. The van der Waals surface area contributed by atoms with Crippen LogP contribution in [0.4, 0.5) is 5.69 Å². The van der Waals surface area contributed by atoms with E-state index < -0.39 is 9.84 Å². The second kappa shape index (κ2) is 5.24. The lowest BCUT2D eigenvalue weighted by atomic mass is 10.1. The van der Waals surface area contributed by atoms with E-state index >= 15 is 0 Å². The van der Waals surface area contributed by atoms with Crippen molar-refractivity contribution in [3.05, 3.63) is 29.3 Å². The van der Waals surface area contributed by atoms with Gasteiger partial charge in [-0.25, -0.2) is 8.42 Å². The Hall–Kier alpha value is -1.89. The second-order valence-corrected chi connectivity index (χ2v) is 7.21. The van der Waals surface area contributed by atoms with Crippen molar-refractivity contribution in [1.29, 1.82) is 0 Å². The lowest BCUT2D eigenvalue weighted by Crippen LogP contribution is -2.31. The zero-order valence-corrected chi connectivity index (χ0v) is 12.2. The fourth-order valence-corrected chi connectivity index (χ4v) is 2.58. The van der Waals surface area contributed by atoms with Crippen LogP contribution in [0.15, 0.2) is 18.2 Å². The number of rotatable bonds is 4. The molecule has 108 valence electrons. The number of nitrogens with one attached hydrogen (secondary N) is 1. The van der Waals surface area contributed by atoms with Gasteiger partial charge in [-0.1, -0.05) is 6.07 Å². The normalized spacial score (nSPS) is 13.8. The minimum Gasteiger partial charge on any atom is -0.341 e. The molecule has 0 unspecified atom stereocenters. The molecule has 1 aliphatic heterocycles. The van der Waals surface area contributed by atoms with Gasteiger partial charge in [0.05, 0.1) is 12.2 Å². The van der Waals surface area contributed by atoms with Crippen molar-refractivity contribution < 1.29 is 18.0 Å². The highest BCUT2D eigenvalue weighted by Gasteiger charge is 2.20. The number of amides is 2. The van der Waals surface area contributed by atoms with Crippen molar-refractivity contribution in [3.8, 4) is 0 Å². The molecule has 1 aromatic rings. The topological polar surface area (TPSA) is 83.6 Å². The summed E-state index contributed by atoms with van der Waals surface area (Å²) in [5, 5.41) is 2.68. The van der Waals surface area contributed by atoms with Crippen molar-refractivity contribution in [2.45, 2.75) is 6.42 Å². The fraction of sp³-hybridized carbons (Fsp3) is 0.385. The van der Waals surface area contributed by atoms with Crippen LogP contribution in [-0.4, -0.2) is 50.7 Å². The summed E-state index contributed by atoms with van der Waals surface area (Å²) in [5.41, 5.74) is 1.95. The molecule has 0 spiro atoms. The van der Waals surface area contributed by atoms with Crippen LogP contribution in [0.2, 0.25) is 0 Å². The van der Waals surface area contributed by atoms with E-state index in [-0.39, 0.29) is 24.1 Å². The lowest BCUT2D eigenvalue weighted by Gasteiger charge is -2.17. The molecular formula is C13H16N2O4S. The van der Waals surface area contributed by atoms with Gasteiger partial charge in [0.2, 0.25) is 5.91 Å². The van der Waals surface area contributed by atoms with E-state index in [1.165, 1.54) is 4.90 Å². The molecule has 20 heavy (non-hydrogen) atoms. The third-order valence-corrected chi connectivity index (χ3v) is 4.05. The maximum Gasteiger partial charge on any atom is 0.253 e. The molecule has 1 heterocycles. The predicted molar refractivity (Wildman–Crippen MR) is 75.4 cm³/mol. The number of sulfone groups is 1. The van der Waals surface area contributed by atoms with Crippen LogP contribution >= 0.6 is 0 Å². The molecule has 0 radical (unpaired) electrons. The maximum absolute atomic E-state index is 12.2. The molecule has 6 nitrogen and oxygen atoms in total. The van der Waals surface area contributed by atoms with Gasteiger partial charge in [0.15, 0.2) is 0 Å². The number of fused-ring (bicyclic) bond motifs is 1. The average molecular weight is 296 g/mol. The fourth-order valence-electron chi connectivity index (χ4n) is 1.97. The monoisotopic (exact) mass is 296 g/mol. The highest BCUT2D eigenvalue weighted by atomic mass is 32.2. The van der Waals surface area contributed by atoms with Gasteiger partial charge in [-0.15, -0.1) is 0 Å². The van der Waals surface area contributed by atoms with Crippen molar-refractivity contribution in [3.63, 3.8) is 0 Å². The van der Waals surface area contributed by atoms with Crippen LogP contribution in [0.3, 0.4) is 0 Å². The molecule has 2 amide bonds. The third kappa shape index (κ3) is 3.36.